The van der Waals surface area contributed by atoms with Crippen molar-refractivity contribution in [2.75, 3.05) is 0 Å². The van der Waals surface area contributed by atoms with Crippen molar-refractivity contribution in [2.24, 2.45) is 0 Å². The fourth-order valence-corrected chi connectivity index (χ4v) is 5.86. The van der Waals surface area contributed by atoms with Crippen LogP contribution in [0.1, 0.15) is 27.7 Å². The molecular formula is C46H42. The molecule has 0 radical (unpaired) electrons. The standard InChI is InChI=1S/3C14H10.2C2H6/c3*1-3-7-13-11(5-1)9-10-12-6-2-4-8-14(12)13;2*1-2/h3*1-10H;2*1-2H3. The quantitative estimate of drug-likeness (QED) is 0.153. The lowest BCUT2D eigenvalue weighted by atomic mass is 10.0. The molecule has 0 saturated carbocycles. The second-order valence-corrected chi connectivity index (χ2v) is 10.5. The molecule has 0 atom stereocenters. The monoisotopic (exact) mass is 594 g/mol. The highest BCUT2D eigenvalue weighted by Crippen LogP contribution is 2.26. The second kappa shape index (κ2) is 16.0. The fraction of sp³-hybridized carbons (Fsp3) is 0.0870. The molecule has 0 heteroatoms. The Morgan fingerprint density at radius 3 is 0.457 bits per heavy atom. The summed E-state index contributed by atoms with van der Waals surface area (Å²) in [6.45, 7) is 8.00. The Kier molecular flexibility index (Phi) is 11.1. The lowest BCUT2D eigenvalue weighted by Crippen LogP contribution is -1.75. The minimum absolute atomic E-state index is 1.31. The summed E-state index contributed by atoms with van der Waals surface area (Å²) in [5.74, 6) is 0. The number of hydrogen-bond acceptors (Lipinski definition) is 0. The van der Waals surface area contributed by atoms with Crippen molar-refractivity contribution in [3.8, 4) is 0 Å². The summed E-state index contributed by atoms with van der Waals surface area (Å²) in [6.07, 6.45) is 0. The third-order valence-corrected chi connectivity index (χ3v) is 7.96. The predicted molar refractivity (Wildman–Crippen MR) is 207 cm³/mol. The third kappa shape index (κ3) is 7.09. The van der Waals surface area contributed by atoms with Crippen LogP contribution >= 0.6 is 0 Å². The molecule has 0 heterocycles. The summed E-state index contributed by atoms with van der Waals surface area (Å²) in [5, 5.41) is 15.9. The molecule has 0 aliphatic rings. The van der Waals surface area contributed by atoms with E-state index in [4.69, 9.17) is 0 Å². The van der Waals surface area contributed by atoms with Gasteiger partial charge in [-0.05, 0) is 64.6 Å². The van der Waals surface area contributed by atoms with Gasteiger partial charge in [-0.15, -0.1) is 0 Å². The normalized spacial score (nSPS) is 10.2. The van der Waals surface area contributed by atoms with Crippen LogP contribution in [-0.4, -0.2) is 0 Å². The van der Waals surface area contributed by atoms with Crippen LogP contribution in [0.4, 0.5) is 0 Å². The molecule has 0 aliphatic carbocycles. The summed E-state index contributed by atoms with van der Waals surface area (Å²) in [7, 11) is 0. The van der Waals surface area contributed by atoms with E-state index in [0.717, 1.165) is 0 Å². The van der Waals surface area contributed by atoms with E-state index in [1.54, 1.807) is 0 Å². The highest BCUT2D eigenvalue weighted by Gasteiger charge is 1.99. The van der Waals surface area contributed by atoms with Crippen molar-refractivity contribution in [2.45, 2.75) is 27.7 Å². The van der Waals surface area contributed by atoms with E-state index < -0.39 is 0 Å². The van der Waals surface area contributed by atoms with E-state index in [1.807, 2.05) is 27.7 Å². The molecule has 0 bridgehead atoms. The Balaban J connectivity index is 0.000000129. The van der Waals surface area contributed by atoms with Crippen molar-refractivity contribution in [3.05, 3.63) is 182 Å². The van der Waals surface area contributed by atoms with Crippen LogP contribution in [-0.2, 0) is 0 Å². The van der Waals surface area contributed by atoms with E-state index in [-0.39, 0.29) is 0 Å². The van der Waals surface area contributed by atoms with Gasteiger partial charge in [0.2, 0.25) is 0 Å². The average Bonchev–Trinajstić information content (AvgIpc) is 3.17. The van der Waals surface area contributed by atoms with Crippen LogP contribution in [0, 0.1) is 0 Å². The maximum Gasteiger partial charge on any atom is -0.0105 e. The molecule has 0 aliphatic heterocycles. The highest BCUT2D eigenvalue weighted by atomic mass is 14.0. The van der Waals surface area contributed by atoms with E-state index in [0.29, 0.717) is 0 Å². The molecule has 9 aromatic carbocycles. The summed E-state index contributed by atoms with van der Waals surface area (Å²) < 4.78 is 0. The van der Waals surface area contributed by atoms with E-state index in [1.165, 1.54) is 64.6 Å². The van der Waals surface area contributed by atoms with Crippen molar-refractivity contribution in [3.63, 3.8) is 0 Å². The largest absolute Gasteiger partial charge is 0.0683 e. The maximum absolute atomic E-state index is 2.18. The first kappa shape index (κ1) is 31.9. The Hall–Kier alpha value is -5.46. The minimum Gasteiger partial charge on any atom is -0.0683 e. The summed E-state index contributed by atoms with van der Waals surface area (Å²) >= 11 is 0. The Morgan fingerprint density at radius 1 is 0.174 bits per heavy atom. The van der Waals surface area contributed by atoms with Gasteiger partial charge in [-0.1, -0.05) is 210 Å². The van der Waals surface area contributed by atoms with Gasteiger partial charge in [0.15, 0.2) is 0 Å². The van der Waals surface area contributed by atoms with Gasteiger partial charge >= 0.3 is 0 Å². The molecule has 0 fully saturated rings. The molecule has 0 spiro atoms. The van der Waals surface area contributed by atoms with Crippen LogP contribution < -0.4 is 0 Å². The first-order chi connectivity index (χ1) is 22.8. The Morgan fingerprint density at radius 2 is 0.304 bits per heavy atom. The Labute approximate surface area is 273 Å². The number of hydrogen-bond donors (Lipinski definition) is 0. The van der Waals surface area contributed by atoms with Crippen LogP contribution in [0.2, 0.25) is 0 Å². The third-order valence-electron chi connectivity index (χ3n) is 7.96. The fourth-order valence-electron chi connectivity index (χ4n) is 5.86. The molecule has 0 nitrogen and oxygen atoms in total. The van der Waals surface area contributed by atoms with Crippen LogP contribution in [0.3, 0.4) is 0 Å². The van der Waals surface area contributed by atoms with E-state index >= 15 is 0 Å². The molecule has 46 heavy (non-hydrogen) atoms. The Bertz CT molecular complexity index is 1880. The van der Waals surface area contributed by atoms with Gasteiger partial charge < -0.3 is 0 Å². The lowest BCUT2D eigenvalue weighted by molar-refractivity contribution is 1.50. The van der Waals surface area contributed by atoms with Crippen molar-refractivity contribution in [1.82, 2.24) is 0 Å². The van der Waals surface area contributed by atoms with Gasteiger partial charge in [-0.2, -0.15) is 0 Å². The second-order valence-electron chi connectivity index (χ2n) is 10.5. The van der Waals surface area contributed by atoms with E-state index in [9.17, 15) is 0 Å². The van der Waals surface area contributed by atoms with Crippen molar-refractivity contribution in [1.29, 1.82) is 0 Å². The number of benzene rings is 9. The number of fused-ring (bicyclic) bond motifs is 9. The molecule has 226 valence electrons. The summed E-state index contributed by atoms with van der Waals surface area (Å²) in [4.78, 5) is 0. The van der Waals surface area contributed by atoms with Gasteiger partial charge in [-0.25, -0.2) is 0 Å². The highest BCUT2D eigenvalue weighted by molar-refractivity contribution is 6.09. The van der Waals surface area contributed by atoms with Gasteiger partial charge in [0, 0.05) is 0 Å². The SMILES string of the molecule is CC.CC.c1ccc2c(c1)ccc1ccccc12.c1ccc2c(c1)ccc1ccccc12.c1ccc2c(c1)ccc1ccccc12. The summed E-state index contributed by atoms with van der Waals surface area (Å²) in [5.41, 5.74) is 0. The van der Waals surface area contributed by atoms with E-state index in [2.05, 4.69) is 182 Å². The zero-order valence-electron chi connectivity index (χ0n) is 27.3. The predicted octanol–water partition coefficient (Wildman–Crippen LogP) is 14.0. The molecule has 0 unspecified atom stereocenters. The molecule has 0 saturated heterocycles. The average molecular weight is 595 g/mol. The smallest absolute Gasteiger partial charge is 0.0105 e. The van der Waals surface area contributed by atoms with Crippen molar-refractivity contribution >= 4 is 64.6 Å². The van der Waals surface area contributed by atoms with Gasteiger partial charge in [0.05, 0.1) is 0 Å². The van der Waals surface area contributed by atoms with Crippen LogP contribution in [0.25, 0.3) is 64.6 Å². The zero-order valence-corrected chi connectivity index (χ0v) is 27.3. The van der Waals surface area contributed by atoms with Gasteiger partial charge in [0.1, 0.15) is 0 Å². The maximum atomic E-state index is 2.18. The van der Waals surface area contributed by atoms with Crippen molar-refractivity contribution < 1.29 is 0 Å². The molecule has 9 aromatic rings. The van der Waals surface area contributed by atoms with Gasteiger partial charge in [-0.3, -0.25) is 0 Å². The number of rotatable bonds is 0. The molecule has 0 aromatic heterocycles. The van der Waals surface area contributed by atoms with Gasteiger partial charge in [0.25, 0.3) is 0 Å². The minimum atomic E-state index is 1.31. The topological polar surface area (TPSA) is 0 Å². The first-order valence-corrected chi connectivity index (χ1v) is 16.4. The summed E-state index contributed by atoms with van der Waals surface area (Å²) in [6, 6.07) is 64.1. The van der Waals surface area contributed by atoms with Crippen LogP contribution in [0.5, 0.6) is 0 Å². The molecule has 9 rings (SSSR count). The molecule has 0 N–H and O–H groups in total. The van der Waals surface area contributed by atoms with Crippen LogP contribution in [0.15, 0.2) is 182 Å². The molecular weight excluding hydrogens is 553 g/mol. The zero-order chi connectivity index (χ0) is 32.1. The first-order valence-electron chi connectivity index (χ1n) is 16.4. The molecule has 0 amide bonds. The lowest BCUT2D eigenvalue weighted by Gasteiger charge is -2.02.